The molecule has 0 bridgehead atoms. The van der Waals surface area contributed by atoms with Gasteiger partial charge >= 0.3 is 0 Å². The maximum absolute atomic E-state index is 5.99. The van der Waals surface area contributed by atoms with E-state index in [2.05, 4.69) is 20.3 Å². The molecule has 0 amide bonds. The summed E-state index contributed by atoms with van der Waals surface area (Å²) in [6.07, 6.45) is 1.78. The number of hydrogen-bond acceptors (Lipinski definition) is 5. The van der Waals surface area contributed by atoms with Crippen molar-refractivity contribution in [2.45, 2.75) is 0 Å². The Kier molecular flexibility index (Phi) is 2.94. The minimum absolute atomic E-state index is 0.237. The number of benzene rings is 1. The second kappa shape index (κ2) is 4.95. The monoisotopic (exact) mass is 312 g/mol. The fourth-order valence-corrected chi connectivity index (χ4v) is 3.24. The Morgan fingerprint density at radius 1 is 1.05 bits per heavy atom. The quantitative estimate of drug-likeness (QED) is 0.548. The number of aromatic nitrogens is 3. The Morgan fingerprint density at radius 2 is 1.95 bits per heavy atom. The maximum atomic E-state index is 5.99. The molecule has 4 rings (SSSR count). The van der Waals surface area contributed by atoms with Crippen LogP contribution in [0.1, 0.15) is 0 Å². The highest BCUT2D eigenvalue weighted by molar-refractivity contribution is 7.16. The van der Waals surface area contributed by atoms with Crippen molar-refractivity contribution in [3.63, 3.8) is 0 Å². The number of pyridine rings is 1. The summed E-state index contributed by atoms with van der Waals surface area (Å²) in [6.45, 7) is 0. The number of thiophene rings is 1. The molecule has 0 aliphatic rings. The Balaban J connectivity index is 1.89. The van der Waals surface area contributed by atoms with E-state index in [-0.39, 0.29) is 5.28 Å². The van der Waals surface area contributed by atoms with Crippen molar-refractivity contribution < 1.29 is 0 Å². The molecule has 1 N–H and O–H groups in total. The molecule has 102 valence electrons. The van der Waals surface area contributed by atoms with Crippen molar-refractivity contribution in [3.05, 3.63) is 53.3 Å². The van der Waals surface area contributed by atoms with Gasteiger partial charge in [0.05, 0.1) is 16.6 Å². The van der Waals surface area contributed by atoms with E-state index in [4.69, 9.17) is 11.6 Å². The molecule has 0 saturated heterocycles. The Labute approximate surface area is 129 Å². The van der Waals surface area contributed by atoms with Gasteiger partial charge in [-0.15, -0.1) is 11.3 Å². The molecule has 0 aliphatic carbocycles. The van der Waals surface area contributed by atoms with E-state index in [1.165, 1.54) is 11.3 Å². The first-order valence-corrected chi connectivity index (χ1v) is 7.58. The molecule has 0 atom stereocenters. The van der Waals surface area contributed by atoms with Gasteiger partial charge in [0.2, 0.25) is 5.28 Å². The lowest BCUT2D eigenvalue weighted by molar-refractivity contribution is 1.23. The molecule has 3 heterocycles. The second-order valence-electron chi connectivity index (χ2n) is 4.49. The van der Waals surface area contributed by atoms with E-state index < -0.39 is 0 Å². The van der Waals surface area contributed by atoms with Gasteiger partial charge in [-0.2, -0.15) is 4.98 Å². The van der Waals surface area contributed by atoms with Gasteiger partial charge in [-0.25, -0.2) is 4.98 Å². The summed E-state index contributed by atoms with van der Waals surface area (Å²) >= 11 is 7.53. The van der Waals surface area contributed by atoms with Gasteiger partial charge in [0.1, 0.15) is 10.6 Å². The van der Waals surface area contributed by atoms with Crippen molar-refractivity contribution in [1.29, 1.82) is 0 Å². The third kappa shape index (κ3) is 2.20. The van der Waals surface area contributed by atoms with Crippen LogP contribution in [-0.4, -0.2) is 15.0 Å². The summed E-state index contributed by atoms with van der Waals surface area (Å²) in [5, 5.41) is 7.57. The second-order valence-corrected chi connectivity index (χ2v) is 5.72. The van der Waals surface area contributed by atoms with E-state index >= 15 is 0 Å². The van der Waals surface area contributed by atoms with E-state index in [9.17, 15) is 0 Å². The van der Waals surface area contributed by atoms with Crippen LogP contribution in [0.4, 0.5) is 11.5 Å². The van der Waals surface area contributed by atoms with Gasteiger partial charge in [-0.1, -0.05) is 18.2 Å². The van der Waals surface area contributed by atoms with E-state index in [1.54, 1.807) is 6.20 Å². The van der Waals surface area contributed by atoms with Crippen molar-refractivity contribution in [3.8, 4) is 0 Å². The fourth-order valence-electron chi connectivity index (χ4n) is 2.26. The highest BCUT2D eigenvalue weighted by atomic mass is 35.5. The average molecular weight is 313 g/mol. The van der Waals surface area contributed by atoms with Crippen LogP contribution in [0.5, 0.6) is 0 Å². The third-order valence-corrected chi connectivity index (χ3v) is 4.16. The first-order chi connectivity index (χ1) is 10.3. The number of anilines is 2. The van der Waals surface area contributed by atoms with E-state index in [0.29, 0.717) is 5.82 Å². The predicted molar refractivity (Wildman–Crippen MR) is 87.5 cm³/mol. The lowest BCUT2D eigenvalue weighted by Crippen LogP contribution is -1.97. The van der Waals surface area contributed by atoms with Gasteiger partial charge in [0.25, 0.3) is 0 Å². The SMILES string of the molecule is Clc1nc(Nc2cccc3cccnc23)c2ccsc2n1. The molecule has 0 radical (unpaired) electrons. The summed E-state index contributed by atoms with van der Waals surface area (Å²) in [6, 6.07) is 11.9. The van der Waals surface area contributed by atoms with Crippen molar-refractivity contribution in [2.24, 2.45) is 0 Å². The molecule has 0 saturated carbocycles. The van der Waals surface area contributed by atoms with Crippen LogP contribution < -0.4 is 5.32 Å². The molecular formula is C15H9ClN4S. The number of hydrogen-bond donors (Lipinski definition) is 1. The van der Waals surface area contributed by atoms with Crippen LogP contribution in [0.3, 0.4) is 0 Å². The average Bonchev–Trinajstić information content (AvgIpc) is 2.96. The van der Waals surface area contributed by atoms with Gasteiger partial charge < -0.3 is 5.32 Å². The highest BCUT2D eigenvalue weighted by Gasteiger charge is 2.10. The lowest BCUT2D eigenvalue weighted by atomic mass is 10.2. The molecular weight excluding hydrogens is 304 g/mol. The molecule has 1 aromatic carbocycles. The summed E-state index contributed by atoms with van der Waals surface area (Å²) in [4.78, 5) is 13.8. The normalized spacial score (nSPS) is 11.1. The molecule has 0 fully saturated rings. The number of fused-ring (bicyclic) bond motifs is 2. The molecule has 3 aromatic heterocycles. The zero-order chi connectivity index (χ0) is 14.2. The van der Waals surface area contributed by atoms with Gasteiger partial charge in [-0.05, 0) is 35.2 Å². The molecule has 0 aliphatic heterocycles. The number of halogens is 1. The zero-order valence-corrected chi connectivity index (χ0v) is 12.3. The van der Waals surface area contributed by atoms with Crippen LogP contribution in [-0.2, 0) is 0 Å². The van der Waals surface area contributed by atoms with Crippen LogP contribution in [0.2, 0.25) is 5.28 Å². The lowest BCUT2D eigenvalue weighted by Gasteiger charge is -2.09. The zero-order valence-electron chi connectivity index (χ0n) is 10.7. The van der Waals surface area contributed by atoms with Gasteiger partial charge in [0, 0.05) is 11.6 Å². The molecule has 4 nitrogen and oxygen atoms in total. The van der Waals surface area contributed by atoms with Gasteiger partial charge in [0.15, 0.2) is 0 Å². The maximum Gasteiger partial charge on any atom is 0.225 e. The molecule has 21 heavy (non-hydrogen) atoms. The van der Waals surface area contributed by atoms with E-state index in [1.807, 2.05) is 41.8 Å². The fraction of sp³-hybridized carbons (Fsp3) is 0. The number of nitrogens with zero attached hydrogens (tertiary/aromatic N) is 3. The number of nitrogens with one attached hydrogen (secondary N) is 1. The van der Waals surface area contributed by atoms with Crippen molar-refractivity contribution in [1.82, 2.24) is 15.0 Å². The summed E-state index contributed by atoms with van der Waals surface area (Å²) in [5.74, 6) is 0.699. The highest BCUT2D eigenvalue weighted by Crippen LogP contribution is 2.30. The summed E-state index contributed by atoms with van der Waals surface area (Å²) < 4.78 is 0. The Bertz CT molecular complexity index is 945. The Hall–Kier alpha value is -2.24. The third-order valence-electron chi connectivity index (χ3n) is 3.18. The van der Waals surface area contributed by atoms with Gasteiger partial charge in [-0.3, -0.25) is 4.98 Å². The van der Waals surface area contributed by atoms with Crippen LogP contribution in [0.15, 0.2) is 48.0 Å². The summed E-state index contributed by atoms with van der Waals surface area (Å²) in [7, 11) is 0. The molecule has 6 heteroatoms. The largest absolute Gasteiger partial charge is 0.338 e. The van der Waals surface area contributed by atoms with Crippen molar-refractivity contribution >= 4 is 55.6 Å². The molecule has 0 unspecified atom stereocenters. The minimum Gasteiger partial charge on any atom is -0.338 e. The molecule has 0 spiro atoms. The first kappa shape index (κ1) is 12.5. The predicted octanol–water partition coefficient (Wildman–Crippen LogP) is 4.64. The molecule has 4 aromatic rings. The van der Waals surface area contributed by atoms with E-state index in [0.717, 1.165) is 26.8 Å². The minimum atomic E-state index is 0.237. The van der Waals surface area contributed by atoms with Crippen LogP contribution in [0, 0.1) is 0 Å². The van der Waals surface area contributed by atoms with Crippen LogP contribution >= 0.6 is 22.9 Å². The standard InChI is InChI=1S/C15H9ClN4S/c16-15-19-13(10-6-8-21-14(10)20-15)18-11-5-1-3-9-4-2-7-17-12(9)11/h1-8H,(H,18,19,20). The van der Waals surface area contributed by atoms with Crippen LogP contribution in [0.25, 0.3) is 21.1 Å². The van der Waals surface area contributed by atoms with Crippen molar-refractivity contribution in [2.75, 3.05) is 5.32 Å². The smallest absolute Gasteiger partial charge is 0.225 e. The number of para-hydroxylation sites is 1. The topological polar surface area (TPSA) is 50.7 Å². The first-order valence-electron chi connectivity index (χ1n) is 6.33. The Morgan fingerprint density at radius 3 is 2.90 bits per heavy atom. The number of rotatable bonds is 2. The summed E-state index contributed by atoms with van der Waals surface area (Å²) in [5.41, 5.74) is 1.80.